The molecular weight excluding hydrogens is 332 g/mol. The van der Waals surface area contributed by atoms with E-state index in [2.05, 4.69) is 6.58 Å². The summed E-state index contributed by atoms with van der Waals surface area (Å²) in [5.41, 5.74) is 1.99. The van der Waals surface area contributed by atoms with Crippen LogP contribution in [0, 0.1) is 0 Å². The Morgan fingerprint density at radius 3 is 2.83 bits per heavy atom. The fourth-order valence-electron chi connectivity index (χ4n) is 3.20. The minimum absolute atomic E-state index is 0.353. The highest BCUT2D eigenvalue weighted by Crippen LogP contribution is 2.30. The molecular formula is C17H19ClN2O4. The quantitative estimate of drug-likeness (QED) is 0.784. The minimum atomic E-state index is -0.462. The first kappa shape index (κ1) is 16.6. The summed E-state index contributed by atoms with van der Waals surface area (Å²) >= 11 is 6.17. The van der Waals surface area contributed by atoms with Crippen molar-refractivity contribution in [2.75, 3.05) is 13.7 Å². The monoisotopic (exact) mass is 350 g/mol. The summed E-state index contributed by atoms with van der Waals surface area (Å²) in [5, 5.41) is 0.659. The molecule has 0 saturated carbocycles. The van der Waals surface area contributed by atoms with Crippen LogP contribution in [0.15, 0.2) is 31.0 Å². The number of ether oxygens (including phenoxy) is 2. The highest BCUT2D eigenvalue weighted by molar-refractivity contribution is 6.31. The van der Waals surface area contributed by atoms with E-state index in [4.69, 9.17) is 21.1 Å². The molecule has 3 rings (SSSR count). The number of benzene rings is 1. The summed E-state index contributed by atoms with van der Waals surface area (Å²) in [6.07, 6.45) is 1.19. The molecule has 1 aromatic carbocycles. The second kappa shape index (κ2) is 6.73. The topological polar surface area (TPSA) is 59.1 Å². The predicted octanol–water partition coefficient (Wildman–Crippen LogP) is 2.55. The van der Waals surface area contributed by atoms with Crippen molar-refractivity contribution in [1.82, 2.24) is 9.80 Å². The molecule has 128 valence electrons. The number of rotatable bonds is 3. The fraction of sp³-hybridized carbons (Fsp3) is 0.412. The van der Waals surface area contributed by atoms with E-state index < -0.39 is 12.1 Å². The average Bonchev–Trinajstić information content (AvgIpc) is 3.18. The second-order valence-electron chi connectivity index (χ2n) is 5.89. The van der Waals surface area contributed by atoms with E-state index in [1.165, 1.54) is 7.11 Å². The number of halogens is 1. The molecule has 7 heteroatoms. The van der Waals surface area contributed by atoms with Crippen molar-refractivity contribution >= 4 is 23.7 Å². The number of esters is 1. The number of amides is 1. The Morgan fingerprint density at radius 2 is 2.17 bits per heavy atom. The number of hydrogen-bond acceptors (Lipinski definition) is 5. The molecule has 1 fully saturated rings. The van der Waals surface area contributed by atoms with Crippen molar-refractivity contribution < 1.29 is 19.1 Å². The number of likely N-dealkylation sites (tertiary alicyclic amines) is 1. The number of nitrogens with zero attached hydrogens (tertiary/aromatic N) is 2. The van der Waals surface area contributed by atoms with Crippen molar-refractivity contribution in [1.29, 1.82) is 0 Å². The lowest BCUT2D eigenvalue weighted by atomic mass is 10.1. The number of fused-ring (bicyclic) bond motifs is 1. The molecule has 0 N–H and O–H groups in total. The van der Waals surface area contributed by atoms with E-state index in [0.29, 0.717) is 31.1 Å². The number of methoxy groups -OCH3 is 1. The van der Waals surface area contributed by atoms with Crippen LogP contribution in [-0.2, 0) is 27.4 Å². The largest absolute Gasteiger partial charge is 0.467 e. The standard InChI is InChI=1S/C17H19ClN2O4/c1-3-19-9-12(7-15(19)16(21)23-2)24-17(22)20-8-11-5-4-6-14(18)13(11)10-20/h3-6,12,15H,1,7-10H2,2H3. The lowest BCUT2D eigenvalue weighted by Gasteiger charge is -2.19. The van der Waals surface area contributed by atoms with Gasteiger partial charge in [0.2, 0.25) is 0 Å². The van der Waals surface area contributed by atoms with Crippen molar-refractivity contribution in [3.63, 3.8) is 0 Å². The summed E-state index contributed by atoms with van der Waals surface area (Å²) < 4.78 is 10.4. The molecule has 2 atom stereocenters. The van der Waals surface area contributed by atoms with Crippen LogP contribution in [-0.4, -0.2) is 47.7 Å². The molecule has 1 aromatic rings. The van der Waals surface area contributed by atoms with Crippen LogP contribution >= 0.6 is 11.6 Å². The first-order valence-electron chi connectivity index (χ1n) is 7.71. The molecule has 1 saturated heterocycles. The van der Waals surface area contributed by atoms with Crippen molar-refractivity contribution in [3.05, 3.63) is 47.1 Å². The predicted molar refractivity (Wildman–Crippen MR) is 88.3 cm³/mol. The third-order valence-corrected chi connectivity index (χ3v) is 4.81. The van der Waals surface area contributed by atoms with Gasteiger partial charge in [-0.2, -0.15) is 0 Å². The smallest absolute Gasteiger partial charge is 0.410 e. The zero-order valence-electron chi connectivity index (χ0n) is 13.4. The van der Waals surface area contributed by atoms with E-state index in [1.54, 1.807) is 16.0 Å². The van der Waals surface area contributed by atoms with Crippen molar-refractivity contribution in [3.8, 4) is 0 Å². The highest BCUT2D eigenvalue weighted by Gasteiger charge is 2.38. The van der Waals surface area contributed by atoms with Gasteiger partial charge in [0.25, 0.3) is 0 Å². The molecule has 0 aromatic heterocycles. The number of carbonyl (C=O) groups is 2. The van der Waals surface area contributed by atoms with Crippen LogP contribution in [0.4, 0.5) is 4.79 Å². The molecule has 0 spiro atoms. The van der Waals surface area contributed by atoms with Gasteiger partial charge < -0.3 is 14.4 Å². The van der Waals surface area contributed by atoms with E-state index in [9.17, 15) is 9.59 Å². The summed E-state index contributed by atoms with van der Waals surface area (Å²) in [5.74, 6) is -0.353. The summed E-state index contributed by atoms with van der Waals surface area (Å²) in [4.78, 5) is 27.5. The van der Waals surface area contributed by atoms with Gasteiger partial charge >= 0.3 is 12.1 Å². The first-order chi connectivity index (χ1) is 11.5. The average molecular weight is 351 g/mol. The Morgan fingerprint density at radius 1 is 1.38 bits per heavy atom. The third-order valence-electron chi connectivity index (χ3n) is 4.46. The maximum absolute atomic E-state index is 12.4. The number of carbonyl (C=O) groups excluding carboxylic acids is 2. The van der Waals surface area contributed by atoms with Gasteiger partial charge in [0.05, 0.1) is 20.2 Å². The lowest BCUT2D eigenvalue weighted by Crippen LogP contribution is -2.32. The SMILES string of the molecule is C=CN1CC(OC(=O)N2Cc3cccc(Cl)c3C2)CC1C(=O)OC. The summed E-state index contributed by atoms with van der Waals surface area (Å²) in [6, 6.07) is 5.18. The van der Waals surface area contributed by atoms with E-state index in [-0.39, 0.29) is 12.1 Å². The molecule has 2 aliphatic heterocycles. The molecule has 0 bridgehead atoms. The van der Waals surface area contributed by atoms with E-state index >= 15 is 0 Å². The van der Waals surface area contributed by atoms with Crippen LogP contribution in [0.25, 0.3) is 0 Å². The van der Waals surface area contributed by atoms with Crippen LogP contribution < -0.4 is 0 Å². The molecule has 2 heterocycles. The molecule has 0 radical (unpaired) electrons. The summed E-state index contributed by atoms with van der Waals surface area (Å²) in [6.45, 7) is 5.03. The van der Waals surface area contributed by atoms with Crippen LogP contribution in [0.2, 0.25) is 5.02 Å². The zero-order valence-corrected chi connectivity index (χ0v) is 14.2. The molecule has 2 aliphatic rings. The third kappa shape index (κ3) is 3.06. The second-order valence-corrected chi connectivity index (χ2v) is 6.30. The Balaban J connectivity index is 1.62. The Labute approximate surface area is 145 Å². The fourth-order valence-corrected chi connectivity index (χ4v) is 3.46. The van der Waals surface area contributed by atoms with Gasteiger partial charge in [0.1, 0.15) is 12.1 Å². The van der Waals surface area contributed by atoms with Crippen molar-refractivity contribution in [2.24, 2.45) is 0 Å². The van der Waals surface area contributed by atoms with Gasteiger partial charge in [0.15, 0.2) is 0 Å². The van der Waals surface area contributed by atoms with Crippen LogP contribution in [0.3, 0.4) is 0 Å². The Kier molecular flexibility index (Phi) is 4.66. The minimum Gasteiger partial charge on any atom is -0.467 e. The normalized spacial score (nSPS) is 22.2. The first-order valence-corrected chi connectivity index (χ1v) is 8.09. The van der Waals surface area contributed by atoms with E-state index in [0.717, 1.165) is 11.1 Å². The molecule has 1 amide bonds. The molecule has 24 heavy (non-hydrogen) atoms. The van der Waals surface area contributed by atoms with E-state index in [1.807, 2.05) is 18.2 Å². The van der Waals surface area contributed by atoms with Gasteiger partial charge in [-0.15, -0.1) is 0 Å². The Bertz CT molecular complexity index is 679. The lowest BCUT2D eigenvalue weighted by molar-refractivity contribution is -0.145. The number of hydrogen-bond donors (Lipinski definition) is 0. The maximum atomic E-state index is 12.4. The molecule has 2 unspecified atom stereocenters. The highest BCUT2D eigenvalue weighted by atomic mass is 35.5. The van der Waals surface area contributed by atoms with Gasteiger partial charge in [-0.3, -0.25) is 4.90 Å². The molecule has 6 nitrogen and oxygen atoms in total. The van der Waals surface area contributed by atoms with Gasteiger partial charge in [-0.1, -0.05) is 30.3 Å². The van der Waals surface area contributed by atoms with Crippen LogP contribution in [0.1, 0.15) is 17.5 Å². The summed E-state index contributed by atoms with van der Waals surface area (Å²) in [7, 11) is 1.34. The zero-order chi connectivity index (χ0) is 17.3. The van der Waals surface area contributed by atoms with Crippen molar-refractivity contribution in [2.45, 2.75) is 31.7 Å². The maximum Gasteiger partial charge on any atom is 0.410 e. The van der Waals surface area contributed by atoms with Gasteiger partial charge in [-0.05, 0) is 23.4 Å². The van der Waals surface area contributed by atoms with Gasteiger partial charge in [-0.25, -0.2) is 9.59 Å². The van der Waals surface area contributed by atoms with Gasteiger partial charge in [0, 0.05) is 18.0 Å². The molecule has 0 aliphatic carbocycles. The Hall–Kier alpha value is -2.21. The van der Waals surface area contributed by atoms with Crippen LogP contribution in [0.5, 0.6) is 0 Å².